The number of likely N-dealkylation sites (N-methyl/N-ethyl adjacent to an activating group) is 1. The van der Waals surface area contributed by atoms with Crippen molar-refractivity contribution in [2.45, 2.75) is 20.0 Å². The fourth-order valence-electron chi connectivity index (χ4n) is 1.71. The second-order valence-corrected chi connectivity index (χ2v) is 4.12. The number of nitrogens with one attached hydrogen (secondary N) is 1. The van der Waals surface area contributed by atoms with Crippen molar-refractivity contribution in [1.82, 2.24) is 4.90 Å². The molecule has 0 aromatic heterocycles. The van der Waals surface area contributed by atoms with Crippen molar-refractivity contribution >= 4 is 5.69 Å². The monoisotopic (exact) mass is 258 g/mol. The van der Waals surface area contributed by atoms with Gasteiger partial charge in [0.05, 0.1) is 11.8 Å². The Kier molecular flexibility index (Phi) is 6.01. The molecular weight excluding hydrogens is 238 g/mol. The van der Waals surface area contributed by atoms with Crippen LogP contribution in [0.1, 0.15) is 13.8 Å². The summed E-state index contributed by atoms with van der Waals surface area (Å²) in [6, 6.07) is 3.94. The van der Waals surface area contributed by atoms with Gasteiger partial charge in [0.15, 0.2) is 11.6 Å². The zero-order valence-electron chi connectivity index (χ0n) is 10.8. The van der Waals surface area contributed by atoms with Gasteiger partial charge >= 0.3 is 0 Å². The minimum atomic E-state index is -0.910. The quantitative estimate of drug-likeness (QED) is 0.786. The fraction of sp³-hybridized carbons (Fsp3) is 0.538. The van der Waals surface area contributed by atoms with Crippen LogP contribution in [0.3, 0.4) is 0 Å². The van der Waals surface area contributed by atoms with Gasteiger partial charge in [0, 0.05) is 13.1 Å². The lowest BCUT2D eigenvalue weighted by Crippen LogP contribution is -2.36. The first-order chi connectivity index (χ1) is 8.58. The molecule has 1 aromatic rings. The molecule has 0 radical (unpaired) electrons. The van der Waals surface area contributed by atoms with Crippen molar-refractivity contribution in [2.24, 2.45) is 0 Å². The lowest BCUT2D eigenvalue weighted by molar-refractivity contribution is 0.128. The van der Waals surface area contributed by atoms with Gasteiger partial charge in [0.1, 0.15) is 0 Å². The molecule has 0 fully saturated rings. The summed E-state index contributed by atoms with van der Waals surface area (Å²) in [5, 5.41) is 12.5. The van der Waals surface area contributed by atoms with Crippen LogP contribution in [-0.2, 0) is 0 Å². The molecule has 1 unspecified atom stereocenters. The molecule has 1 aromatic carbocycles. The molecule has 0 bridgehead atoms. The summed E-state index contributed by atoms with van der Waals surface area (Å²) in [4.78, 5) is 2.06. The number of hydrogen-bond acceptors (Lipinski definition) is 3. The Morgan fingerprint density at radius 1 is 1.28 bits per heavy atom. The average molecular weight is 258 g/mol. The molecule has 0 aliphatic carbocycles. The number of anilines is 1. The molecule has 102 valence electrons. The Labute approximate surface area is 106 Å². The number of halogens is 2. The molecule has 1 rings (SSSR count). The van der Waals surface area contributed by atoms with Gasteiger partial charge in [-0.3, -0.25) is 0 Å². The molecule has 3 nitrogen and oxygen atoms in total. The Balaban J connectivity index is 2.47. The molecule has 5 heteroatoms. The predicted molar refractivity (Wildman–Crippen MR) is 68.6 cm³/mol. The minimum absolute atomic E-state index is 0.0774. The van der Waals surface area contributed by atoms with E-state index in [0.717, 1.165) is 19.2 Å². The van der Waals surface area contributed by atoms with E-state index >= 15 is 0 Å². The largest absolute Gasteiger partial charge is 0.390 e. The van der Waals surface area contributed by atoms with Crippen LogP contribution >= 0.6 is 0 Å². The van der Waals surface area contributed by atoms with Gasteiger partial charge in [-0.05, 0) is 25.2 Å². The average Bonchev–Trinajstić information content (AvgIpc) is 2.37. The number of nitrogens with zero attached hydrogens (tertiary/aromatic N) is 1. The van der Waals surface area contributed by atoms with Crippen LogP contribution in [0.15, 0.2) is 18.2 Å². The fourth-order valence-corrected chi connectivity index (χ4v) is 1.71. The van der Waals surface area contributed by atoms with Gasteiger partial charge in [0.2, 0.25) is 0 Å². The third-order valence-electron chi connectivity index (χ3n) is 2.84. The number of rotatable bonds is 7. The highest BCUT2D eigenvalue weighted by Gasteiger charge is 2.11. The molecule has 0 aliphatic rings. The van der Waals surface area contributed by atoms with E-state index in [1.54, 1.807) is 0 Å². The van der Waals surface area contributed by atoms with Crippen LogP contribution in [0.25, 0.3) is 0 Å². The number of benzene rings is 1. The van der Waals surface area contributed by atoms with Gasteiger partial charge in [-0.2, -0.15) is 0 Å². The van der Waals surface area contributed by atoms with Crippen molar-refractivity contribution in [3.8, 4) is 0 Å². The van der Waals surface area contributed by atoms with E-state index in [9.17, 15) is 13.9 Å². The molecule has 0 saturated heterocycles. The van der Waals surface area contributed by atoms with Crippen LogP contribution in [0, 0.1) is 11.6 Å². The van der Waals surface area contributed by atoms with Crippen molar-refractivity contribution in [3.05, 3.63) is 29.8 Å². The highest BCUT2D eigenvalue weighted by atomic mass is 19.2. The summed E-state index contributed by atoms with van der Waals surface area (Å²) in [5.41, 5.74) is 0.0774. The van der Waals surface area contributed by atoms with E-state index in [1.165, 1.54) is 12.1 Å². The van der Waals surface area contributed by atoms with Crippen molar-refractivity contribution in [3.63, 3.8) is 0 Å². The van der Waals surface area contributed by atoms with E-state index in [1.807, 2.05) is 13.8 Å². The summed E-state index contributed by atoms with van der Waals surface area (Å²) >= 11 is 0. The maximum absolute atomic E-state index is 13.3. The molecule has 1 atom stereocenters. The second kappa shape index (κ2) is 7.28. The van der Waals surface area contributed by atoms with Crippen LogP contribution in [0.4, 0.5) is 14.5 Å². The summed E-state index contributed by atoms with van der Waals surface area (Å²) in [6.07, 6.45) is -0.618. The van der Waals surface area contributed by atoms with Crippen molar-refractivity contribution < 1.29 is 13.9 Å². The van der Waals surface area contributed by atoms with Gasteiger partial charge in [-0.15, -0.1) is 0 Å². The summed E-state index contributed by atoms with van der Waals surface area (Å²) in [7, 11) is 0. The summed E-state index contributed by atoms with van der Waals surface area (Å²) < 4.78 is 26.3. The molecule has 0 saturated carbocycles. The van der Waals surface area contributed by atoms with Crippen LogP contribution < -0.4 is 5.32 Å². The number of aliphatic hydroxyl groups excluding tert-OH is 1. The SMILES string of the molecule is CCN(CC)CC(O)CNc1cccc(F)c1F. The molecule has 0 heterocycles. The van der Waals surface area contributed by atoms with E-state index in [4.69, 9.17) is 0 Å². The zero-order valence-corrected chi connectivity index (χ0v) is 10.8. The number of aliphatic hydroxyl groups is 1. The van der Waals surface area contributed by atoms with Crippen molar-refractivity contribution in [1.29, 1.82) is 0 Å². The first-order valence-electron chi connectivity index (χ1n) is 6.16. The Morgan fingerprint density at radius 3 is 2.56 bits per heavy atom. The van der Waals surface area contributed by atoms with E-state index in [0.29, 0.717) is 6.54 Å². The third kappa shape index (κ3) is 4.23. The van der Waals surface area contributed by atoms with Gasteiger partial charge < -0.3 is 15.3 Å². The van der Waals surface area contributed by atoms with E-state index in [2.05, 4.69) is 10.2 Å². The lowest BCUT2D eigenvalue weighted by Gasteiger charge is -2.22. The van der Waals surface area contributed by atoms with Crippen LogP contribution in [-0.4, -0.2) is 42.3 Å². The maximum atomic E-state index is 13.3. The molecule has 18 heavy (non-hydrogen) atoms. The van der Waals surface area contributed by atoms with Crippen LogP contribution in [0.2, 0.25) is 0 Å². The van der Waals surface area contributed by atoms with Gasteiger partial charge in [-0.1, -0.05) is 19.9 Å². The van der Waals surface area contributed by atoms with Crippen LogP contribution in [0.5, 0.6) is 0 Å². The van der Waals surface area contributed by atoms with Crippen molar-refractivity contribution in [2.75, 3.05) is 31.5 Å². The summed E-state index contributed by atoms with van der Waals surface area (Å²) in [6.45, 7) is 6.42. The molecular formula is C13H20F2N2O. The third-order valence-corrected chi connectivity index (χ3v) is 2.84. The first-order valence-corrected chi connectivity index (χ1v) is 6.16. The molecule has 0 aliphatic heterocycles. The normalized spacial score (nSPS) is 12.8. The Bertz CT molecular complexity index is 370. The van der Waals surface area contributed by atoms with Gasteiger partial charge in [-0.25, -0.2) is 8.78 Å². The minimum Gasteiger partial charge on any atom is -0.390 e. The summed E-state index contributed by atoms with van der Waals surface area (Å²) in [5.74, 6) is -1.80. The zero-order chi connectivity index (χ0) is 13.5. The van der Waals surface area contributed by atoms with Gasteiger partial charge in [0.25, 0.3) is 0 Å². The first kappa shape index (κ1) is 14.9. The topological polar surface area (TPSA) is 35.5 Å². The Morgan fingerprint density at radius 2 is 1.94 bits per heavy atom. The highest BCUT2D eigenvalue weighted by molar-refractivity contribution is 5.44. The second-order valence-electron chi connectivity index (χ2n) is 4.12. The molecule has 2 N–H and O–H groups in total. The highest BCUT2D eigenvalue weighted by Crippen LogP contribution is 2.16. The maximum Gasteiger partial charge on any atom is 0.181 e. The lowest BCUT2D eigenvalue weighted by atomic mass is 10.2. The Hall–Kier alpha value is -1.20. The molecule has 0 spiro atoms. The standard InChI is InChI=1S/C13H20F2N2O/c1-3-17(4-2)9-10(18)8-16-12-7-5-6-11(14)13(12)15/h5-7,10,16,18H,3-4,8-9H2,1-2H3. The predicted octanol–water partition coefficient (Wildman–Crippen LogP) is 2.08. The van der Waals surface area contributed by atoms with E-state index in [-0.39, 0.29) is 12.2 Å². The van der Waals surface area contributed by atoms with E-state index < -0.39 is 17.7 Å². The number of hydrogen-bond donors (Lipinski definition) is 2. The molecule has 0 amide bonds. The smallest absolute Gasteiger partial charge is 0.181 e.